The predicted octanol–water partition coefficient (Wildman–Crippen LogP) is 5.20. The van der Waals surface area contributed by atoms with E-state index in [4.69, 9.17) is 4.84 Å². The Bertz CT molecular complexity index is 1030. The van der Waals surface area contributed by atoms with E-state index in [1.165, 1.54) is 0 Å². The van der Waals surface area contributed by atoms with E-state index in [9.17, 15) is 9.90 Å². The third-order valence-corrected chi connectivity index (χ3v) is 4.58. The van der Waals surface area contributed by atoms with E-state index < -0.39 is 5.91 Å². The van der Waals surface area contributed by atoms with Crippen LogP contribution in [0.1, 0.15) is 5.56 Å². The molecule has 7 nitrogen and oxygen atoms in total. The van der Waals surface area contributed by atoms with E-state index in [-0.39, 0.29) is 18.2 Å². The average Bonchev–Trinajstić information content (AvgIpc) is 2.95. The molecule has 27 heavy (non-hydrogen) atoms. The minimum Gasteiger partial charge on any atom is -0.493 e. The smallest absolute Gasteiger partial charge is 0.292 e. The Morgan fingerprint density at radius 2 is 1.89 bits per heavy atom. The van der Waals surface area contributed by atoms with Crippen LogP contribution in [0.15, 0.2) is 68.2 Å². The van der Waals surface area contributed by atoms with E-state index in [2.05, 4.69) is 59.1 Å². The average molecular weight is 494 g/mol. The first-order valence-corrected chi connectivity index (χ1v) is 9.30. The number of aromatic amines is 1. The quantitative estimate of drug-likeness (QED) is 0.324. The minimum atomic E-state index is -0.616. The fraction of sp³-hybridized carbons (Fsp3) is 0.0556. The van der Waals surface area contributed by atoms with Crippen molar-refractivity contribution in [3.63, 3.8) is 0 Å². The summed E-state index contributed by atoms with van der Waals surface area (Å²) in [4.78, 5) is 19.7. The van der Waals surface area contributed by atoms with Crippen LogP contribution in [0.2, 0.25) is 0 Å². The van der Waals surface area contributed by atoms with Gasteiger partial charge in [0.15, 0.2) is 12.3 Å². The number of nitrogens with one attached hydrogen (secondary N) is 2. The molecule has 3 rings (SSSR count). The number of nitrogens with zero attached hydrogens (tertiary/aromatic N) is 2. The summed E-state index contributed by atoms with van der Waals surface area (Å²) in [6, 6.07) is 12.8. The lowest BCUT2D eigenvalue weighted by Crippen LogP contribution is -2.17. The molecule has 0 aliphatic carbocycles. The van der Waals surface area contributed by atoms with Crippen LogP contribution in [0.3, 0.4) is 0 Å². The van der Waals surface area contributed by atoms with E-state index >= 15 is 0 Å². The van der Waals surface area contributed by atoms with Crippen LogP contribution < -0.4 is 5.48 Å². The number of azo groups is 1. The van der Waals surface area contributed by atoms with E-state index in [0.29, 0.717) is 16.6 Å². The molecule has 3 aromatic rings. The second kappa shape index (κ2) is 8.47. The maximum atomic E-state index is 11.9. The van der Waals surface area contributed by atoms with Gasteiger partial charge in [0.25, 0.3) is 5.91 Å². The summed E-state index contributed by atoms with van der Waals surface area (Å²) >= 11 is 6.71. The zero-order valence-corrected chi connectivity index (χ0v) is 17.0. The number of amides is 1. The molecule has 0 unspecified atom stereocenters. The van der Waals surface area contributed by atoms with Crippen LogP contribution in [0, 0.1) is 0 Å². The molecule has 0 bridgehead atoms. The molecule has 0 saturated carbocycles. The number of aromatic nitrogens is 1. The highest BCUT2D eigenvalue weighted by Gasteiger charge is 2.11. The lowest BCUT2D eigenvalue weighted by Gasteiger charge is -2.08. The molecule has 2 aromatic carbocycles. The largest absolute Gasteiger partial charge is 0.493 e. The summed E-state index contributed by atoms with van der Waals surface area (Å²) in [6.07, 6.45) is 0. The van der Waals surface area contributed by atoms with Gasteiger partial charge in [-0.2, -0.15) is 0 Å². The van der Waals surface area contributed by atoms with Gasteiger partial charge in [0.05, 0.1) is 11.2 Å². The SMILES string of the molecule is C=C(NOCC(=O)N=Nc1c(O)[nH]c2ccc(Br)cc12)c1ccc(Br)cc1. The van der Waals surface area contributed by atoms with Crippen molar-refractivity contribution in [2.24, 2.45) is 10.2 Å². The number of hydrogen-bond donors (Lipinski definition) is 3. The third-order valence-electron chi connectivity index (χ3n) is 3.56. The van der Waals surface area contributed by atoms with Crippen LogP contribution >= 0.6 is 31.9 Å². The van der Waals surface area contributed by atoms with Gasteiger partial charge in [0.1, 0.15) is 0 Å². The number of fused-ring (bicyclic) bond motifs is 1. The normalized spacial score (nSPS) is 11.2. The highest BCUT2D eigenvalue weighted by molar-refractivity contribution is 9.10. The van der Waals surface area contributed by atoms with Crippen LogP contribution in [-0.2, 0) is 9.63 Å². The van der Waals surface area contributed by atoms with Crippen LogP contribution in [0.25, 0.3) is 16.6 Å². The Kier molecular flexibility index (Phi) is 6.04. The number of halogens is 2. The lowest BCUT2D eigenvalue weighted by atomic mass is 10.2. The molecule has 9 heteroatoms. The number of hydroxylamine groups is 1. The Morgan fingerprint density at radius 3 is 2.63 bits per heavy atom. The molecule has 0 fully saturated rings. The summed E-state index contributed by atoms with van der Waals surface area (Å²) in [6.45, 7) is 3.49. The first kappa shape index (κ1) is 19.3. The maximum absolute atomic E-state index is 11.9. The van der Waals surface area contributed by atoms with Gasteiger partial charge in [-0.25, -0.2) is 0 Å². The van der Waals surface area contributed by atoms with Crippen LogP contribution in [0.5, 0.6) is 5.88 Å². The molecule has 0 atom stereocenters. The van der Waals surface area contributed by atoms with E-state index in [1.807, 2.05) is 30.3 Å². The Morgan fingerprint density at radius 1 is 1.19 bits per heavy atom. The van der Waals surface area contributed by atoms with Crippen molar-refractivity contribution in [2.75, 3.05) is 6.61 Å². The molecule has 138 valence electrons. The van der Waals surface area contributed by atoms with Crippen molar-refractivity contribution in [1.29, 1.82) is 0 Å². The first-order chi connectivity index (χ1) is 12.9. The van der Waals surface area contributed by atoms with Gasteiger partial charge in [0, 0.05) is 14.3 Å². The fourth-order valence-corrected chi connectivity index (χ4v) is 2.89. The summed E-state index contributed by atoms with van der Waals surface area (Å²) in [5.74, 6) is -0.780. The number of aromatic hydroxyl groups is 1. The standard InChI is InChI=1S/C18H14Br2N4O3/c1-10(11-2-4-12(19)5-3-11)24-27-9-16(25)22-23-17-14-8-13(20)6-7-15(14)21-18(17)26/h2-8,21,24,26H,1,9H2. The number of carbonyl (C=O) groups excluding carboxylic acids is 1. The van der Waals surface area contributed by atoms with Gasteiger partial charge >= 0.3 is 0 Å². The lowest BCUT2D eigenvalue weighted by molar-refractivity contribution is -0.124. The van der Waals surface area contributed by atoms with Gasteiger partial charge in [-0.3, -0.25) is 15.1 Å². The molecule has 1 amide bonds. The summed E-state index contributed by atoms with van der Waals surface area (Å²) in [5, 5.41) is 18.0. The number of rotatable bonds is 6. The third kappa shape index (κ3) is 4.82. The van der Waals surface area contributed by atoms with E-state index in [1.54, 1.807) is 12.1 Å². The van der Waals surface area contributed by atoms with Gasteiger partial charge in [-0.15, -0.1) is 10.2 Å². The van der Waals surface area contributed by atoms with Crippen molar-refractivity contribution < 1.29 is 14.7 Å². The van der Waals surface area contributed by atoms with Gasteiger partial charge in [0.2, 0.25) is 5.88 Å². The molecular formula is C18H14Br2N4O3. The molecule has 1 aromatic heterocycles. The van der Waals surface area contributed by atoms with Gasteiger partial charge in [-0.05, 0) is 35.9 Å². The number of carbonyl (C=O) groups is 1. The number of H-pyrrole nitrogens is 1. The molecule has 0 saturated heterocycles. The summed E-state index contributed by atoms with van der Waals surface area (Å²) in [7, 11) is 0. The Hall–Kier alpha value is -2.49. The highest BCUT2D eigenvalue weighted by atomic mass is 79.9. The van der Waals surface area contributed by atoms with Crippen molar-refractivity contribution >= 4 is 60.1 Å². The predicted molar refractivity (Wildman–Crippen MR) is 109 cm³/mol. The summed E-state index contributed by atoms with van der Waals surface area (Å²) in [5.41, 5.74) is 4.79. The van der Waals surface area contributed by atoms with Gasteiger partial charge in [-0.1, -0.05) is 50.6 Å². The summed E-state index contributed by atoms with van der Waals surface area (Å²) < 4.78 is 1.76. The molecule has 1 heterocycles. The maximum Gasteiger partial charge on any atom is 0.292 e. The number of benzene rings is 2. The number of hydrogen-bond acceptors (Lipinski definition) is 5. The van der Waals surface area contributed by atoms with Crippen molar-refractivity contribution in [2.45, 2.75) is 0 Å². The van der Waals surface area contributed by atoms with E-state index in [0.717, 1.165) is 14.5 Å². The second-order valence-corrected chi connectivity index (χ2v) is 7.31. The highest BCUT2D eigenvalue weighted by Crippen LogP contribution is 2.36. The fourth-order valence-electron chi connectivity index (χ4n) is 2.27. The van der Waals surface area contributed by atoms with Crippen LogP contribution in [0.4, 0.5) is 5.69 Å². The minimum absolute atomic E-state index is 0.165. The zero-order chi connectivity index (χ0) is 19.4. The van der Waals surface area contributed by atoms with Crippen molar-refractivity contribution in [3.05, 3.63) is 63.6 Å². The van der Waals surface area contributed by atoms with Crippen molar-refractivity contribution in [1.82, 2.24) is 10.5 Å². The van der Waals surface area contributed by atoms with Gasteiger partial charge < -0.3 is 10.1 Å². The monoisotopic (exact) mass is 492 g/mol. The first-order valence-electron chi connectivity index (χ1n) is 7.71. The topological polar surface area (TPSA) is 99.1 Å². The Balaban J connectivity index is 1.58. The molecule has 0 spiro atoms. The molecule has 0 radical (unpaired) electrons. The molecule has 0 aliphatic rings. The second-order valence-electron chi connectivity index (χ2n) is 5.48. The molecule has 3 N–H and O–H groups in total. The zero-order valence-electron chi connectivity index (χ0n) is 13.9. The Labute approximate surface area is 171 Å². The van der Waals surface area contributed by atoms with Crippen molar-refractivity contribution in [3.8, 4) is 5.88 Å². The van der Waals surface area contributed by atoms with Crippen LogP contribution in [-0.4, -0.2) is 22.6 Å². The molecule has 0 aliphatic heterocycles. The molecular weight excluding hydrogens is 480 g/mol.